The highest BCUT2D eigenvalue weighted by Gasteiger charge is 2.20. The molecule has 0 unspecified atom stereocenters. The molecule has 23 heavy (non-hydrogen) atoms. The number of pyridine rings is 1. The fourth-order valence-electron chi connectivity index (χ4n) is 2.44. The molecule has 7 nitrogen and oxygen atoms in total. The van der Waals surface area contributed by atoms with Crippen molar-refractivity contribution in [2.24, 2.45) is 0 Å². The number of fused-ring (bicyclic) bond motifs is 2. The number of hydrogen-bond donors (Lipinski definition) is 1. The van der Waals surface area contributed by atoms with Crippen molar-refractivity contribution in [1.29, 1.82) is 0 Å². The van der Waals surface area contributed by atoms with Crippen molar-refractivity contribution < 1.29 is 17.9 Å². The molecule has 0 atom stereocenters. The molecule has 0 aliphatic carbocycles. The highest BCUT2D eigenvalue weighted by atomic mass is 32.2. The van der Waals surface area contributed by atoms with Crippen LogP contribution in [0.25, 0.3) is 5.65 Å². The van der Waals surface area contributed by atoms with Gasteiger partial charge in [0.05, 0.1) is 16.3 Å². The number of nitrogens with one attached hydrogen (secondary N) is 1. The number of benzene rings is 1. The summed E-state index contributed by atoms with van der Waals surface area (Å²) >= 11 is 0. The fourth-order valence-corrected chi connectivity index (χ4v) is 3.50. The molecule has 0 fully saturated rings. The number of ether oxygens (including phenoxy) is 2. The maximum Gasteiger partial charge on any atom is 0.262 e. The number of aryl methyl sites for hydroxylation is 1. The Morgan fingerprint density at radius 3 is 2.83 bits per heavy atom. The van der Waals surface area contributed by atoms with Gasteiger partial charge in [0.15, 0.2) is 11.5 Å². The van der Waals surface area contributed by atoms with Gasteiger partial charge in [0.25, 0.3) is 10.0 Å². The van der Waals surface area contributed by atoms with Crippen LogP contribution in [0.15, 0.2) is 47.6 Å². The SMILES string of the molecule is Cc1cn2cc(NS(=O)(=O)c3ccc4c(c3)OCO4)ccc2n1. The number of sulfonamides is 1. The van der Waals surface area contributed by atoms with Gasteiger partial charge < -0.3 is 13.9 Å². The number of anilines is 1. The van der Waals surface area contributed by atoms with E-state index in [-0.39, 0.29) is 11.7 Å². The molecule has 1 aliphatic rings. The second kappa shape index (κ2) is 4.88. The van der Waals surface area contributed by atoms with Crippen LogP contribution in [0, 0.1) is 6.92 Å². The topological polar surface area (TPSA) is 81.9 Å². The lowest BCUT2D eigenvalue weighted by Gasteiger charge is -2.09. The van der Waals surface area contributed by atoms with Crippen LogP contribution in [-0.4, -0.2) is 24.6 Å². The molecule has 0 radical (unpaired) electrons. The van der Waals surface area contributed by atoms with E-state index >= 15 is 0 Å². The summed E-state index contributed by atoms with van der Waals surface area (Å²) in [5.41, 5.74) is 2.07. The lowest BCUT2D eigenvalue weighted by atomic mass is 10.3. The first-order valence-electron chi connectivity index (χ1n) is 6.89. The molecule has 1 aliphatic heterocycles. The Hall–Kier alpha value is -2.74. The second-order valence-corrected chi connectivity index (χ2v) is 6.87. The van der Waals surface area contributed by atoms with Crippen LogP contribution in [0.4, 0.5) is 5.69 Å². The van der Waals surface area contributed by atoms with Gasteiger partial charge in [-0.15, -0.1) is 0 Å². The lowest BCUT2D eigenvalue weighted by molar-refractivity contribution is 0.174. The lowest BCUT2D eigenvalue weighted by Crippen LogP contribution is -2.13. The van der Waals surface area contributed by atoms with Gasteiger partial charge >= 0.3 is 0 Å². The van der Waals surface area contributed by atoms with E-state index in [4.69, 9.17) is 9.47 Å². The van der Waals surface area contributed by atoms with Gasteiger partial charge in [-0.3, -0.25) is 4.72 Å². The normalized spacial score (nSPS) is 13.4. The standard InChI is InChI=1S/C15H13N3O4S/c1-10-7-18-8-11(2-5-15(18)16-10)17-23(19,20)12-3-4-13-14(6-12)22-9-21-13/h2-8,17H,9H2,1H3. The van der Waals surface area contributed by atoms with E-state index in [1.165, 1.54) is 12.1 Å². The molecule has 3 heterocycles. The number of hydrogen-bond acceptors (Lipinski definition) is 5. The van der Waals surface area contributed by atoms with Crippen molar-refractivity contribution in [3.8, 4) is 11.5 Å². The number of rotatable bonds is 3. The van der Waals surface area contributed by atoms with Crippen molar-refractivity contribution in [3.63, 3.8) is 0 Å². The Morgan fingerprint density at radius 1 is 1.13 bits per heavy atom. The summed E-state index contributed by atoms with van der Waals surface area (Å²) in [5.74, 6) is 0.966. The van der Waals surface area contributed by atoms with Crippen LogP contribution in [0.5, 0.6) is 11.5 Å². The van der Waals surface area contributed by atoms with Gasteiger partial charge in [-0.05, 0) is 31.2 Å². The maximum atomic E-state index is 12.5. The molecule has 0 bridgehead atoms. The average molecular weight is 331 g/mol. The average Bonchev–Trinajstić information content (AvgIpc) is 3.10. The van der Waals surface area contributed by atoms with E-state index in [2.05, 4.69) is 9.71 Å². The summed E-state index contributed by atoms with van der Waals surface area (Å²) in [6, 6.07) is 7.94. The largest absolute Gasteiger partial charge is 0.454 e. The van der Waals surface area contributed by atoms with Crippen LogP contribution in [0.3, 0.4) is 0 Å². The van der Waals surface area contributed by atoms with E-state index in [1.54, 1.807) is 28.8 Å². The third kappa shape index (κ3) is 2.46. The Morgan fingerprint density at radius 2 is 1.96 bits per heavy atom. The molecule has 4 rings (SSSR count). The Bertz CT molecular complexity index is 1010. The van der Waals surface area contributed by atoms with Gasteiger partial charge in [0.1, 0.15) is 5.65 Å². The van der Waals surface area contributed by atoms with Gasteiger partial charge in [-0.25, -0.2) is 13.4 Å². The molecular formula is C15H13N3O4S. The zero-order chi connectivity index (χ0) is 16.0. The molecule has 0 spiro atoms. The molecule has 118 valence electrons. The molecule has 8 heteroatoms. The number of imidazole rings is 1. The fraction of sp³-hybridized carbons (Fsp3) is 0.133. The van der Waals surface area contributed by atoms with Crippen molar-refractivity contribution in [2.45, 2.75) is 11.8 Å². The first-order valence-corrected chi connectivity index (χ1v) is 8.37. The van der Waals surface area contributed by atoms with Gasteiger partial charge in [-0.1, -0.05) is 0 Å². The molecule has 1 aromatic carbocycles. The minimum atomic E-state index is -3.72. The van der Waals surface area contributed by atoms with Crippen LogP contribution in [0.2, 0.25) is 0 Å². The van der Waals surface area contributed by atoms with Crippen molar-refractivity contribution in [3.05, 3.63) is 48.4 Å². The molecule has 0 amide bonds. The summed E-state index contributed by atoms with van der Waals surface area (Å²) in [6.07, 6.45) is 3.51. The third-order valence-corrected chi connectivity index (χ3v) is 4.86. The minimum Gasteiger partial charge on any atom is -0.454 e. The van der Waals surface area contributed by atoms with Crippen LogP contribution < -0.4 is 14.2 Å². The van der Waals surface area contributed by atoms with E-state index < -0.39 is 10.0 Å². The van der Waals surface area contributed by atoms with Crippen molar-refractivity contribution in [1.82, 2.24) is 9.38 Å². The number of aromatic nitrogens is 2. The molecule has 0 saturated heterocycles. The Labute approximate surface area is 132 Å². The van der Waals surface area contributed by atoms with Crippen LogP contribution in [-0.2, 0) is 10.0 Å². The summed E-state index contributed by atoms with van der Waals surface area (Å²) < 4.78 is 39.8. The molecule has 2 aromatic heterocycles. The van der Waals surface area contributed by atoms with Crippen molar-refractivity contribution >= 4 is 21.4 Å². The Balaban J connectivity index is 1.67. The maximum absolute atomic E-state index is 12.5. The van der Waals surface area contributed by atoms with Gasteiger partial charge in [0, 0.05) is 18.5 Å². The minimum absolute atomic E-state index is 0.100. The van der Waals surface area contributed by atoms with E-state index in [0.29, 0.717) is 17.2 Å². The zero-order valence-corrected chi connectivity index (χ0v) is 13.0. The Kier molecular flexibility index (Phi) is 2.95. The first kappa shape index (κ1) is 13.9. The monoisotopic (exact) mass is 331 g/mol. The summed E-state index contributed by atoms with van der Waals surface area (Å²) in [7, 11) is -3.72. The molecule has 3 aromatic rings. The molecule has 1 N–H and O–H groups in total. The van der Waals surface area contributed by atoms with E-state index in [0.717, 1.165) is 11.3 Å². The van der Waals surface area contributed by atoms with Crippen LogP contribution in [0.1, 0.15) is 5.69 Å². The highest BCUT2D eigenvalue weighted by molar-refractivity contribution is 7.92. The molecular weight excluding hydrogens is 318 g/mol. The number of nitrogens with zero attached hydrogens (tertiary/aromatic N) is 2. The predicted molar refractivity (Wildman–Crippen MR) is 83.3 cm³/mol. The molecule has 0 saturated carbocycles. The van der Waals surface area contributed by atoms with Gasteiger partial charge in [-0.2, -0.15) is 0 Å². The van der Waals surface area contributed by atoms with Crippen LogP contribution >= 0.6 is 0 Å². The summed E-state index contributed by atoms with van der Waals surface area (Å²) in [6.45, 7) is 1.98. The quantitative estimate of drug-likeness (QED) is 0.795. The summed E-state index contributed by atoms with van der Waals surface area (Å²) in [5, 5.41) is 0. The third-order valence-electron chi connectivity index (χ3n) is 3.48. The van der Waals surface area contributed by atoms with Gasteiger partial charge in [0.2, 0.25) is 6.79 Å². The second-order valence-electron chi connectivity index (χ2n) is 5.19. The van der Waals surface area contributed by atoms with E-state index in [1.807, 2.05) is 13.1 Å². The summed E-state index contributed by atoms with van der Waals surface area (Å²) in [4.78, 5) is 4.42. The highest BCUT2D eigenvalue weighted by Crippen LogP contribution is 2.34. The zero-order valence-electron chi connectivity index (χ0n) is 12.2. The van der Waals surface area contributed by atoms with Crippen molar-refractivity contribution in [2.75, 3.05) is 11.5 Å². The predicted octanol–water partition coefficient (Wildman–Crippen LogP) is 2.17. The smallest absolute Gasteiger partial charge is 0.262 e. The van der Waals surface area contributed by atoms with E-state index in [9.17, 15) is 8.42 Å². The first-order chi connectivity index (χ1) is 11.0.